The summed E-state index contributed by atoms with van der Waals surface area (Å²) in [6.45, 7) is 2.24. The quantitative estimate of drug-likeness (QED) is 0.395. The van der Waals surface area contributed by atoms with Crippen molar-refractivity contribution in [1.82, 2.24) is 0 Å². The van der Waals surface area contributed by atoms with Crippen LogP contribution in [-0.4, -0.2) is 5.97 Å². The number of nitrogens with zero attached hydrogens (tertiary/aromatic N) is 1. The third-order valence-corrected chi connectivity index (χ3v) is 5.63. The number of benzene rings is 2. The second kappa shape index (κ2) is 10.2. The van der Waals surface area contributed by atoms with Crippen LogP contribution in [0.1, 0.15) is 66.9 Å². The summed E-state index contributed by atoms with van der Waals surface area (Å²) in [7, 11) is 0. The Morgan fingerprint density at radius 1 is 1.13 bits per heavy atom. The van der Waals surface area contributed by atoms with Crippen LogP contribution in [0.5, 0.6) is 5.75 Å². The Labute approximate surface area is 176 Å². The van der Waals surface area contributed by atoms with Crippen molar-refractivity contribution < 1.29 is 18.3 Å². The molecule has 2 aromatic carbocycles. The Kier molecular flexibility index (Phi) is 7.35. The van der Waals surface area contributed by atoms with Crippen LogP contribution < -0.4 is 4.74 Å². The summed E-state index contributed by atoms with van der Waals surface area (Å²) in [5, 5.41) is 8.69. The molecule has 0 aromatic heterocycles. The van der Waals surface area contributed by atoms with Crippen LogP contribution in [0.2, 0.25) is 0 Å². The van der Waals surface area contributed by atoms with Crippen LogP contribution in [0.15, 0.2) is 42.5 Å². The highest BCUT2D eigenvalue weighted by Gasteiger charge is 2.18. The van der Waals surface area contributed by atoms with E-state index in [1.807, 2.05) is 12.1 Å². The van der Waals surface area contributed by atoms with Crippen molar-refractivity contribution in [3.63, 3.8) is 0 Å². The molecule has 1 aliphatic rings. The maximum atomic E-state index is 13.7. The van der Waals surface area contributed by atoms with E-state index in [4.69, 9.17) is 10.00 Å². The molecule has 3 rings (SSSR count). The van der Waals surface area contributed by atoms with Crippen molar-refractivity contribution >= 4 is 12.0 Å². The molecule has 0 aliphatic heterocycles. The summed E-state index contributed by atoms with van der Waals surface area (Å²) >= 11 is 0. The van der Waals surface area contributed by atoms with Gasteiger partial charge in [0, 0.05) is 12.1 Å². The number of carbonyl (C=O) groups excluding carboxylic acids is 1. The van der Waals surface area contributed by atoms with E-state index < -0.39 is 23.2 Å². The molecule has 0 saturated heterocycles. The number of hydrogen-bond acceptors (Lipinski definition) is 3. The molecule has 0 heterocycles. The molecule has 3 nitrogen and oxygen atoms in total. The van der Waals surface area contributed by atoms with Crippen molar-refractivity contribution in [2.45, 2.75) is 45.4 Å². The molecular weight excluding hydrogens is 384 g/mol. The molecule has 1 fully saturated rings. The Morgan fingerprint density at radius 3 is 2.33 bits per heavy atom. The molecular formula is C25H25F2NO2. The van der Waals surface area contributed by atoms with Crippen LogP contribution in [0.3, 0.4) is 0 Å². The number of carbonyl (C=O) groups is 1. The van der Waals surface area contributed by atoms with E-state index in [0.717, 1.165) is 23.6 Å². The summed E-state index contributed by atoms with van der Waals surface area (Å²) in [6.07, 6.45) is 12.0. The lowest BCUT2D eigenvalue weighted by molar-refractivity contribution is 0.0734. The highest BCUT2D eigenvalue weighted by molar-refractivity contribution is 5.91. The van der Waals surface area contributed by atoms with E-state index in [1.54, 1.807) is 12.1 Å². The molecule has 1 saturated carbocycles. The Bertz CT molecular complexity index is 929. The average molecular weight is 409 g/mol. The minimum absolute atomic E-state index is 0.275. The third kappa shape index (κ3) is 5.54. The van der Waals surface area contributed by atoms with Crippen LogP contribution in [0, 0.1) is 34.8 Å². The van der Waals surface area contributed by atoms with E-state index in [0.29, 0.717) is 5.92 Å². The van der Waals surface area contributed by atoms with E-state index in [9.17, 15) is 13.6 Å². The fourth-order valence-corrected chi connectivity index (χ4v) is 3.94. The lowest BCUT2D eigenvalue weighted by Gasteiger charge is -2.26. The van der Waals surface area contributed by atoms with Gasteiger partial charge in [0.15, 0.2) is 0 Å². The molecule has 30 heavy (non-hydrogen) atoms. The minimum atomic E-state index is -1.07. The summed E-state index contributed by atoms with van der Waals surface area (Å²) in [5.74, 6) is -1.65. The van der Waals surface area contributed by atoms with Gasteiger partial charge in [-0.3, -0.25) is 0 Å². The van der Waals surface area contributed by atoms with E-state index in [1.165, 1.54) is 44.6 Å². The fraction of sp³-hybridized carbons (Fsp3) is 0.360. The molecule has 0 N–H and O–H groups in total. The molecule has 0 spiro atoms. The van der Waals surface area contributed by atoms with Gasteiger partial charge in [-0.1, -0.05) is 44.1 Å². The van der Waals surface area contributed by atoms with E-state index in [2.05, 4.69) is 19.1 Å². The average Bonchev–Trinajstić information content (AvgIpc) is 2.73. The maximum Gasteiger partial charge on any atom is 0.343 e. The summed E-state index contributed by atoms with van der Waals surface area (Å²) in [6, 6.07) is 9.95. The Morgan fingerprint density at radius 2 is 1.77 bits per heavy atom. The third-order valence-electron chi connectivity index (χ3n) is 5.63. The Balaban J connectivity index is 1.58. The standard InChI is InChI=1S/C25H25F2NO2/c1-2-3-17-4-6-18(7-5-17)8-9-19-10-12-20(13-11-19)25(29)30-21-14-23(26)22(16-28)24(27)15-21/h8-15,17-18H,2-7H2,1H3/b9-8+. The second-order valence-corrected chi connectivity index (χ2v) is 7.81. The molecule has 2 aromatic rings. The molecule has 0 amide bonds. The van der Waals surface area contributed by atoms with Gasteiger partial charge in [0.25, 0.3) is 0 Å². The highest BCUT2D eigenvalue weighted by Crippen LogP contribution is 2.32. The number of hydrogen-bond donors (Lipinski definition) is 0. The van der Waals surface area contributed by atoms with Gasteiger partial charge < -0.3 is 4.74 Å². The van der Waals surface area contributed by atoms with Crippen molar-refractivity contribution in [2.75, 3.05) is 0 Å². The van der Waals surface area contributed by atoms with Crippen molar-refractivity contribution in [3.05, 3.63) is 70.8 Å². The first-order chi connectivity index (χ1) is 14.5. The molecule has 0 bridgehead atoms. The van der Waals surface area contributed by atoms with Gasteiger partial charge in [-0.05, 0) is 55.2 Å². The number of halogens is 2. The second-order valence-electron chi connectivity index (χ2n) is 7.81. The largest absolute Gasteiger partial charge is 0.423 e. The van der Waals surface area contributed by atoms with Gasteiger partial charge in [-0.2, -0.15) is 5.26 Å². The zero-order valence-corrected chi connectivity index (χ0v) is 17.0. The normalized spacial score (nSPS) is 18.9. The molecule has 0 atom stereocenters. The van der Waals surface area contributed by atoms with E-state index >= 15 is 0 Å². The van der Waals surface area contributed by atoms with Gasteiger partial charge in [-0.25, -0.2) is 13.6 Å². The van der Waals surface area contributed by atoms with Gasteiger partial charge >= 0.3 is 5.97 Å². The zero-order chi connectivity index (χ0) is 21.5. The first kappa shape index (κ1) is 21.7. The SMILES string of the molecule is CCCC1CCC(/C=C/c2ccc(C(=O)Oc3cc(F)c(C#N)c(F)c3)cc2)CC1. The van der Waals surface area contributed by atoms with Crippen LogP contribution in [0.25, 0.3) is 6.08 Å². The lowest BCUT2D eigenvalue weighted by atomic mass is 9.80. The lowest BCUT2D eigenvalue weighted by Crippen LogP contribution is -2.12. The fourth-order valence-electron chi connectivity index (χ4n) is 3.94. The van der Waals surface area contributed by atoms with Crippen LogP contribution >= 0.6 is 0 Å². The number of rotatable bonds is 6. The van der Waals surface area contributed by atoms with E-state index in [-0.39, 0.29) is 11.3 Å². The zero-order valence-electron chi connectivity index (χ0n) is 17.0. The minimum Gasteiger partial charge on any atom is -0.423 e. The molecule has 1 aliphatic carbocycles. The summed E-state index contributed by atoms with van der Waals surface area (Å²) in [5.41, 5.74) is 0.555. The monoisotopic (exact) mass is 409 g/mol. The highest BCUT2D eigenvalue weighted by atomic mass is 19.1. The van der Waals surface area contributed by atoms with Gasteiger partial charge in [0.1, 0.15) is 29.0 Å². The smallest absolute Gasteiger partial charge is 0.343 e. The predicted molar refractivity (Wildman–Crippen MR) is 112 cm³/mol. The van der Waals surface area contributed by atoms with Crippen molar-refractivity contribution in [2.24, 2.45) is 11.8 Å². The number of ether oxygens (including phenoxy) is 1. The topological polar surface area (TPSA) is 50.1 Å². The summed E-state index contributed by atoms with van der Waals surface area (Å²) in [4.78, 5) is 12.2. The molecule has 0 unspecified atom stereocenters. The van der Waals surface area contributed by atoms with Crippen LogP contribution in [-0.2, 0) is 0 Å². The first-order valence-electron chi connectivity index (χ1n) is 10.4. The van der Waals surface area contributed by atoms with Crippen molar-refractivity contribution in [3.8, 4) is 11.8 Å². The molecule has 0 radical (unpaired) electrons. The van der Waals surface area contributed by atoms with Gasteiger partial charge in [-0.15, -0.1) is 0 Å². The van der Waals surface area contributed by atoms with Gasteiger partial charge in [0.05, 0.1) is 5.56 Å². The van der Waals surface area contributed by atoms with Crippen molar-refractivity contribution in [1.29, 1.82) is 5.26 Å². The molecule has 156 valence electrons. The van der Waals surface area contributed by atoms with Crippen LogP contribution in [0.4, 0.5) is 8.78 Å². The summed E-state index contributed by atoms with van der Waals surface area (Å²) < 4.78 is 32.3. The first-order valence-corrected chi connectivity index (χ1v) is 10.4. The van der Waals surface area contributed by atoms with Gasteiger partial charge in [0.2, 0.25) is 0 Å². The number of allylic oxidation sites excluding steroid dienone is 1. The number of nitriles is 1. The predicted octanol–water partition coefficient (Wildman–Crippen LogP) is 6.68. The number of esters is 1. The molecule has 5 heteroatoms. The maximum absolute atomic E-state index is 13.7. The Hall–Kier alpha value is -3.00.